The Morgan fingerprint density at radius 2 is 1.51 bits per heavy atom. The molecule has 1 N–H and O–H groups in total. The van der Waals surface area contributed by atoms with Crippen molar-refractivity contribution in [1.82, 2.24) is 4.31 Å². The fourth-order valence-electron chi connectivity index (χ4n) is 4.70. The van der Waals surface area contributed by atoms with Crippen LogP contribution < -0.4 is 10.2 Å². The summed E-state index contributed by atoms with van der Waals surface area (Å²) in [5.41, 5.74) is 4.28. The minimum absolute atomic E-state index is 0.0665. The van der Waals surface area contributed by atoms with Gasteiger partial charge in [-0.25, -0.2) is 8.42 Å². The van der Waals surface area contributed by atoms with Crippen molar-refractivity contribution in [3.05, 3.63) is 87.6 Å². The van der Waals surface area contributed by atoms with Crippen LogP contribution in [0.4, 0.5) is 11.4 Å². The zero-order chi connectivity index (χ0) is 26.3. The maximum absolute atomic E-state index is 13.2. The highest BCUT2D eigenvalue weighted by Gasteiger charge is 2.32. The topological polar surface area (TPSA) is 82.9 Å². The highest BCUT2D eigenvalue weighted by Crippen LogP contribution is 2.34. The van der Waals surface area contributed by atoms with Crippen molar-refractivity contribution in [2.24, 2.45) is 0 Å². The van der Waals surface area contributed by atoms with Gasteiger partial charge in [0.2, 0.25) is 10.0 Å². The van der Waals surface area contributed by atoms with Crippen LogP contribution in [0.5, 0.6) is 0 Å². The Hall–Kier alpha value is -3.04. The van der Waals surface area contributed by atoms with Gasteiger partial charge in [-0.05, 0) is 67.4 Å². The number of hydrogen-bond acceptors (Lipinski definition) is 5. The van der Waals surface area contributed by atoms with Crippen LogP contribution in [-0.2, 0) is 10.0 Å². The van der Waals surface area contributed by atoms with Crippen LogP contribution in [0.1, 0.15) is 21.7 Å². The SMILES string of the molecule is Cc1cc(C)cc(NC(=O)c2cc3c(N4CCN(S(=O)(=O)c5c(Cl)cccc5Cl)CC4)cccc3o2)c1. The van der Waals surface area contributed by atoms with E-state index in [1.54, 1.807) is 12.1 Å². The van der Waals surface area contributed by atoms with Gasteiger partial charge >= 0.3 is 0 Å². The van der Waals surface area contributed by atoms with Crippen LogP contribution in [0, 0.1) is 13.8 Å². The molecule has 0 saturated carbocycles. The fourth-order valence-corrected chi connectivity index (χ4v) is 7.21. The monoisotopic (exact) mass is 557 g/mol. The Morgan fingerprint density at radius 3 is 2.16 bits per heavy atom. The molecular weight excluding hydrogens is 533 g/mol. The largest absolute Gasteiger partial charge is 0.451 e. The number of benzene rings is 3. The van der Waals surface area contributed by atoms with Gasteiger partial charge in [0.15, 0.2) is 5.76 Å². The first-order valence-electron chi connectivity index (χ1n) is 11.7. The van der Waals surface area contributed by atoms with Crippen LogP contribution in [0.25, 0.3) is 11.0 Å². The van der Waals surface area contributed by atoms with Crippen molar-refractivity contribution < 1.29 is 17.6 Å². The van der Waals surface area contributed by atoms with E-state index in [4.69, 9.17) is 27.6 Å². The predicted molar refractivity (Wildman–Crippen MR) is 148 cm³/mol. The molecule has 37 heavy (non-hydrogen) atoms. The molecule has 0 radical (unpaired) electrons. The number of rotatable bonds is 5. The van der Waals surface area contributed by atoms with Crippen molar-refractivity contribution >= 4 is 61.5 Å². The Kier molecular flexibility index (Phi) is 6.93. The Bertz CT molecular complexity index is 1570. The molecule has 3 aromatic carbocycles. The van der Waals surface area contributed by atoms with Crippen LogP contribution in [-0.4, -0.2) is 44.8 Å². The second-order valence-electron chi connectivity index (χ2n) is 9.07. The Labute approximate surface area is 225 Å². The summed E-state index contributed by atoms with van der Waals surface area (Å²) in [5.74, 6) is -0.129. The van der Waals surface area contributed by atoms with Crippen molar-refractivity contribution in [1.29, 1.82) is 0 Å². The summed E-state index contributed by atoms with van der Waals surface area (Å²) < 4.78 is 33.7. The van der Waals surface area contributed by atoms with E-state index in [0.29, 0.717) is 24.4 Å². The lowest BCUT2D eigenvalue weighted by atomic mass is 10.1. The van der Waals surface area contributed by atoms with E-state index in [2.05, 4.69) is 10.2 Å². The molecule has 1 aromatic heterocycles. The molecule has 1 saturated heterocycles. The molecule has 1 fully saturated rings. The summed E-state index contributed by atoms with van der Waals surface area (Å²) in [5, 5.41) is 3.90. The highest BCUT2D eigenvalue weighted by atomic mass is 35.5. The first-order chi connectivity index (χ1) is 17.6. The van der Waals surface area contributed by atoms with Gasteiger partial charge in [-0.15, -0.1) is 0 Å². The molecule has 192 valence electrons. The van der Waals surface area contributed by atoms with Crippen molar-refractivity contribution in [3.63, 3.8) is 0 Å². The highest BCUT2D eigenvalue weighted by molar-refractivity contribution is 7.89. The minimum Gasteiger partial charge on any atom is -0.451 e. The maximum atomic E-state index is 13.2. The molecule has 4 aromatic rings. The molecule has 0 spiro atoms. The van der Waals surface area contributed by atoms with Gasteiger partial charge in [-0.3, -0.25) is 4.79 Å². The molecule has 10 heteroatoms. The van der Waals surface area contributed by atoms with Crippen LogP contribution >= 0.6 is 23.2 Å². The fraction of sp³-hybridized carbons (Fsp3) is 0.222. The van der Waals surface area contributed by atoms with E-state index in [-0.39, 0.29) is 39.7 Å². The zero-order valence-corrected chi connectivity index (χ0v) is 22.6. The number of halogens is 2. The van der Waals surface area contributed by atoms with E-state index >= 15 is 0 Å². The number of sulfonamides is 1. The second kappa shape index (κ2) is 10.0. The first-order valence-corrected chi connectivity index (χ1v) is 13.9. The van der Waals surface area contributed by atoms with E-state index in [1.165, 1.54) is 16.4 Å². The first kappa shape index (κ1) is 25.6. The molecule has 1 amide bonds. The number of amides is 1. The molecule has 0 aliphatic carbocycles. The van der Waals surface area contributed by atoms with Gasteiger partial charge in [0.1, 0.15) is 10.5 Å². The number of carbonyl (C=O) groups is 1. The van der Waals surface area contributed by atoms with Crippen molar-refractivity contribution in [3.8, 4) is 0 Å². The molecule has 1 aliphatic heterocycles. The smallest absolute Gasteiger partial charge is 0.291 e. The van der Waals surface area contributed by atoms with E-state index < -0.39 is 10.0 Å². The molecule has 1 aliphatic rings. The zero-order valence-electron chi connectivity index (χ0n) is 20.3. The predicted octanol–water partition coefficient (Wildman–Crippen LogP) is 6.12. The lowest BCUT2D eigenvalue weighted by Gasteiger charge is -2.35. The lowest BCUT2D eigenvalue weighted by Crippen LogP contribution is -2.48. The molecule has 5 rings (SSSR count). The number of aryl methyl sites for hydroxylation is 2. The Morgan fingerprint density at radius 1 is 0.892 bits per heavy atom. The molecule has 0 unspecified atom stereocenters. The van der Waals surface area contributed by atoms with Crippen LogP contribution in [0.15, 0.2) is 70.0 Å². The van der Waals surface area contributed by atoms with Gasteiger partial charge < -0.3 is 14.6 Å². The van der Waals surface area contributed by atoms with Crippen molar-refractivity contribution in [2.75, 3.05) is 36.4 Å². The number of furan rings is 1. The molecule has 7 nitrogen and oxygen atoms in total. The average Bonchev–Trinajstić information content (AvgIpc) is 3.28. The van der Waals surface area contributed by atoms with E-state index in [0.717, 1.165) is 22.2 Å². The summed E-state index contributed by atoms with van der Waals surface area (Å²) in [6.45, 7) is 5.38. The molecular formula is C27H25Cl2N3O4S. The number of nitrogens with one attached hydrogen (secondary N) is 1. The molecule has 0 atom stereocenters. The second-order valence-corrected chi connectivity index (χ2v) is 11.8. The van der Waals surface area contributed by atoms with Crippen LogP contribution in [0.3, 0.4) is 0 Å². The number of anilines is 2. The third-order valence-corrected chi connectivity index (χ3v) is 9.19. The van der Waals surface area contributed by atoms with Gasteiger partial charge in [-0.1, -0.05) is 41.4 Å². The number of nitrogens with zero attached hydrogens (tertiary/aromatic N) is 2. The Balaban J connectivity index is 1.35. The third kappa shape index (κ3) is 5.07. The van der Waals surface area contributed by atoms with Gasteiger partial charge in [-0.2, -0.15) is 4.31 Å². The molecule has 0 bridgehead atoms. The quantitative estimate of drug-likeness (QED) is 0.319. The number of hydrogen-bond donors (Lipinski definition) is 1. The van der Waals surface area contributed by atoms with Gasteiger partial charge in [0, 0.05) is 42.9 Å². The maximum Gasteiger partial charge on any atom is 0.291 e. The summed E-state index contributed by atoms with van der Waals surface area (Å²) in [6.07, 6.45) is 0. The summed E-state index contributed by atoms with van der Waals surface area (Å²) in [4.78, 5) is 14.9. The summed E-state index contributed by atoms with van der Waals surface area (Å²) in [7, 11) is -3.84. The number of carbonyl (C=O) groups excluding carboxylic acids is 1. The van der Waals surface area contributed by atoms with Crippen molar-refractivity contribution in [2.45, 2.75) is 18.7 Å². The molecule has 2 heterocycles. The average molecular weight is 558 g/mol. The minimum atomic E-state index is -3.84. The number of fused-ring (bicyclic) bond motifs is 1. The van der Waals surface area contributed by atoms with E-state index in [1.807, 2.05) is 50.2 Å². The van der Waals surface area contributed by atoms with Crippen LogP contribution in [0.2, 0.25) is 10.0 Å². The van der Waals surface area contributed by atoms with Gasteiger partial charge in [0.25, 0.3) is 5.91 Å². The normalized spacial score (nSPS) is 14.8. The standard InChI is InChI=1S/C27H25Cl2N3O4S/c1-17-13-18(2)15-19(14-17)30-27(33)25-16-20-23(7-4-8-24(20)36-25)31-9-11-32(12-10-31)37(34,35)26-21(28)5-3-6-22(26)29/h3-8,13-16H,9-12H2,1-2H3,(H,30,33). The third-order valence-electron chi connectivity index (χ3n) is 6.34. The van der Waals surface area contributed by atoms with E-state index in [9.17, 15) is 13.2 Å². The van der Waals surface area contributed by atoms with Gasteiger partial charge in [0.05, 0.1) is 10.0 Å². The number of piperazine rings is 1. The summed E-state index contributed by atoms with van der Waals surface area (Å²) >= 11 is 12.3. The summed E-state index contributed by atoms with van der Waals surface area (Å²) in [6, 6.07) is 17.8. The lowest BCUT2D eigenvalue weighted by molar-refractivity contribution is 0.0998.